The minimum atomic E-state index is -1.28. The van der Waals surface area contributed by atoms with E-state index in [0.717, 1.165) is 28.7 Å². The Kier molecular flexibility index (Phi) is 6.59. The van der Waals surface area contributed by atoms with Crippen molar-refractivity contribution in [2.45, 2.75) is 39.0 Å². The zero-order valence-electron chi connectivity index (χ0n) is 18.6. The molecule has 2 aliphatic rings. The molecule has 1 unspecified atom stereocenters. The Hall–Kier alpha value is -3.14. The SMILES string of the molecule is C=C1CC(C)=C2CC(C(=O)OCCc3ccccc3)(C(=O)OCCc3ccccc3)CC12. The Morgan fingerprint density at radius 2 is 1.41 bits per heavy atom. The van der Waals surface area contributed by atoms with Gasteiger partial charge in [-0.15, -0.1) is 0 Å². The molecule has 1 atom stereocenters. The second-order valence-electron chi connectivity index (χ2n) is 8.90. The fourth-order valence-corrected chi connectivity index (χ4v) is 4.89. The summed E-state index contributed by atoms with van der Waals surface area (Å²) in [5, 5.41) is 0. The van der Waals surface area contributed by atoms with Gasteiger partial charge in [0, 0.05) is 18.8 Å². The maximum absolute atomic E-state index is 13.3. The third kappa shape index (κ3) is 4.55. The molecule has 166 valence electrons. The minimum absolute atomic E-state index is 0.0679. The van der Waals surface area contributed by atoms with Crippen LogP contribution in [0.15, 0.2) is 84.0 Å². The summed E-state index contributed by atoms with van der Waals surface area (Å²) in [5.41, 5.74) is 4.36. The van der Waals surface area contributed by atoms with Crippen LogP contribution < -0.4 is 0 Å². The van der Waals surface area contributed by atoms with Gasteiger partial charge in [-0.1, -0.05) is 84.0 Å². The molecule has 0 amide bonds. The van der Waals surface area contributed by atoms with E-state index in [9.17, 15) is 9.59 Å². The summed E-state index contributed by atoms with van der Waals surface area (Å²) in [6.07, 6.45) is 2.85. The number of rotatable bonds is 8. The molecule has 1 fully saturated rings. The molecule has 2 aliphatic carbocycles. The summed E-state index contributed by atoms with van der Waals surface area (Å²) >= 11 is 0. The maximum Gasteiger partial charge on any atom is 0.323 e. The summed E-state index contributed by atoms with van der Waals surface area (Å²) in [6.45, 7) is 6.74. The summed E-state index contributed by atoms with van der Waals surface area (Å²) in [4.78, 5) is 26.6. The van der Waals surface area contributed by atoms with Crippen molar-refractivity contribution >= 4 is 11.9 Å². The van der Waals surface area contributed by atoms with Crippen LogP contribution in [0.4, 0.5) is 0 Å². The van der Waals surface area contributed by atoms with Crippen LogP contribution in [0, 0.1) is 11.3 Å². The van der Waals surface area contributed by atoms with E-state index in [-0.39, 0.29) is 19.1 Å². The zero-order chi connectivity index (χ0) is 22.6. The highest BCUT2D eigenvalue weighted by atomic mass is 16.6. The van der Waals surface area contributed by atoms with E-state index in [1.54, 1.807) is 0 Å². The molecule has 0 bridgehead atoms. The summed E-state index contributed by atoms with van der Waals surface area (Å²) in [6, 6.07) is 19.7. The van der Waals surface area contributed by atoms with Crippen LogP contribution in [0.2, 0.25) is 0 Å². The van der Waals surface area contributed by atoms with Crippen LogP contribution >= 0.6 is 0 Å². The second-order valence-corrected chi connectivity index (χ2v) is 8.90. The highest BCUT2D eigenvalue weighted by Crippen LogP contribution is 2.55. The Morgan fingerprint density at radius 1 is 0.906 bits per heavy atom. The van der Waals surface area contributed by atoms with Gasteiger partial charge in [0.1, 0.15) is 0 Å². The highest BCUT2D eigenvalue weighted by molar-refractivity contribution is 6.01. The molecular formula is C28H30O4. The molecule has 0 heterocycles. The lowest BCUT2D eigenvalue weighted by Crippen LogP contribution is -2.41. The molecule has 32 heavy (non-hydrogen) atoms. The molecular weight excluding hydrogens is 400 g/mol. The lowest BCUT2D eigenvalue weighted by atomic mass is 9.83. The van der Waals surface area contributed by atoms with Gasteiger partial charge in [-0.05, 0) is 37.3 Å². The Bertz CT molecular complexity index is 962. The molecule has 0 N–H and O–H groups in total. The topological polar surface area (TPSA) is 52.6 Å². The van der Waals surface area contributed by atoms with Crippen LogP contribution in [0.25, 0.3) is 0 Å². The molecule has 2 aromatic carbocycles. The van der Waals surface area contributed by atoms with Gasteiger partial charge in [-0.25, -0.2) is 0 Å². The number of carbonyl (C=O) groups is 2. The maximum atomic E-state index is 13.3. The van der Waals surface area contributed by atoms with Crippen LogP contribution in [0.1, 0.15) is 37.3 Å². The largest absolute Gasteiger partial charge is 0.464 e. The monoisotopic (exact) mass is 430 g/mol. The summed E-state index contributed by atoms with van der Waals surface area (Å²) < 4.78 is 11.3. The molecule has 1 saturated carbocycles. The molecule has 0 aliphatic heterocycles. The number of ether oxygens (including phenoxy) is 2. The molecule has 0 aromatic heterocycles. The first-order chi connectivity index (χ1) is 15.5. The van der Waals surface area contributed by atoms with Gasteiger partial charge in [-0.3, -0.25) is 9.59 Å². The number of hydrogen-bond donors (Lipinski definition) is 0. The van der Waals surface area contributed by atoms with E-state index in [1.807, 2.05) is 60.7 Å². The van der Waals surface area contributed by atoms with Gasteiger partial charge in [0.05, 0.1) is 13.2 Å². The standard InChI is InChI=1S/C28H30O4/c1-20-17-21(2)25-19-28(18-24(20)25,26(29)31-15-13-22-9-5-3-6-10-22)27(30)32-16-14-23-11-7-4-8-12-23/h3-12,24H,1,13-19H2,2H3. The van der Waals surface area contributed by atoms with Crippen molar-refractivity contribution in [2.24, 2.45) is 11.3 Å². The number of hydrogen-bond acceptors (Lipinski definition) is 4. The van der Waals surface area contributed by atoms with Crippen molar-refractivity contribution in [3.8, 4) is 0 Å². The smallest absolute Gasteiger partial charge is 0.323 e. The van der Waals surface area contributed by atoms with E-state index >= 15 is 0 Å². The van der Waals surface area contributed by atoms with Crippen LogP contribution in [-0.4, -0.2) is 25.2 Å². The van der Waals surface area contributed by atoms with Crippen molar-refractivity contribution in [1.29, 1.82) is 0 Å². The van der Waals surface area contributed by atoms with Crippen molar-refractivity contribution in [3.63, 3.8) is 0 Å². The average Bonchev–Trinajstić information content (AvgIpc) is 3.33. The van der Waals surface area contributed by atoms with Gasteiger partial charge >= 0.3 is 11.9 Å². The van der Waals surface area contributed by atoms with Crippen molar-refractivity contribution in [1.82, 2.24) is 0 Å². The highest BCUT2D eigenvalue weighted by Gasteiger charge is 2.57. The molecule has 4 nitrogen and oxygen atoms in total. The first-order valence-corrected chi connectivity index (χ1v) is 11.3. The van der Waals surface area contributed by atoms with Crippen molar-refractivity contribution < 1.29 is 19.1 Å². The van der Waals surface area contributed by atoms with Gasteiger partial charge in [0.15, 0.2) is 5.41 Å². The number of esters is 2. The molecule has 4 heteroatoms. The molecule has 4 rings (SSSR count). The first kappa shape index (κ1) is 22.1. The average molecular weight is 431 g/mol. The van der Waals surface area contributed by atoms with Crippen LogP contribution in [-0.2, 0) is 31.9 Å². The predicted molar refractivity (Wildman–Crippen MR) is 124 cm³/mol. The number of benzene rings is 2. The third-order valence-corrected chi connectivity index (χ3v) is 6.71. The summed E-state index contributed by atoms with van der Waals surface area (Å²) in [7, 11) is 0. The third-order valence-electron chi connectivity index (χ3n) is 6.71. The van der Waals surface area contributed by atoms with Gasteiger partial charge < -0.3 is 9.47 Å². The Morgan fingerprint density at radius 3 is 1.88 bits per heavy atom. The molecule has 0 saturated heterocycles. The normalized spacial score (nSPS) is 19.0. The molecule has 0 radical (unpaired) electrons. The van der Waals surface area contributed by atoms with E-state index in [1.165, 1.54) is 5.57 Å². The second kappa shape index (κ2) is 9.56. The van der Waals surface area contributed by atoms with E-state index < -0.39 is 17.4 Å². The van der Waals surface area contributed by atoms with Crippen molar-refractivity contribution in [2.75, 3.05) is 13.2 Å². The summed E-state index contributed by atoms with van der Waals surface area (Å²) in [5.74, 6) is -0.875. The van der Waals surface area contributed by atoms with E-state index in [2.05, 4.69) is 13.5 Å². The number of allylic oxidation sites excluding steroid dienone is 3. The molecule has 0 spiro atoms. The lowest BCUT2D eigenvalue weighted by Gasteiger charge is -2.25. The van der Waals surface area contributed by atoms with Gasteiger partial charge in [0.2, 0.25) is 0 Å². The quantitative estimate of drug-likeness (QED) is 0.327. The number of carbonyl (C=O) groups excluding carboxylic acids is 2. The van der Waals surface area contributed by atoms with E-state index in [4.69, 9.17) is 9.47 Å². The molecule has 2 aromatic rings. The Labute approximate surface area is 189 Å². The van der Waals surface area contributed by atoms with Gasteiger partial charge in [-0.2, -0.15) is 0 Å². The van der Waals surface area contributed by atoms with E-state index in [0.29, 0.717) is 25.7 Å². The predicted octanol–water partition coefficient (Wildman–Crippen LogP) is 5.23. The fourth-order valence-electron chi connectivity index (χ4n) is 4.89. The lowest BCUT2D eigenvalue weighted by molar-refractivity contribution is -0.172. The van der Waals surface area contributed by atoms with Crippen LogP contribution in [0.5, 0.6) is 0 Å². The van der Waals surface area contributed by atoms with Crippen molar-refractivity contribution in [3.05, 3.63) is 95.1 Å². The number of fused-ring (bicyclic) bond motifs is 1. The Balaban J connectivity index is 1.45. The fraction of sp³-hybridized carbons (Fsp3) is 0.357. The minimum Gasteiger partial charge on any atom is -0.464 e. The zero-order valence-corrected chi connectivity index (χ0v) is 18.6. The first-order valence-electron chi connectivity index (χ1n) is 11.3. The van der Waals surface area contributed by atoms with Gasteiger partial charge in [0.25, 0.3) is 0 Å². The van der Waals surface area contributed by atoms with Crippen LogP contribution in [0.3, 0.4) is 0 Å².